The standard InChI is InChI=1S/C13H15BrClN3O2S/c1-2-18-8-11(6-10(18)7-16)21(19,20)17-9-3-4-13(15)12(14)5-9/h3-6,8,17H,2,7,16H2,1H3. The first-order valence-corrected chi connectivity index (χ1v) is 8.89. The van der Waals surface area contributed by atoms with E-state index >= 15 is 0 Å². The normalized spacial score (nSPS) is 11.6. The van der Waals surface area contributed by atoms with Gasteiger partial charge in [-0.3, -0.25) is 4.72 Å². The van der Waals surface area contributed by atoms with Crippen LogP contribution in [0, 0.1) is 0 Å². The molecule has 1 heterocycles. The maximum Gasteiger partial charge on any atom is 0.263 e. The number of aryl methyl sites for hydroxylation is 1. The summed E-state index contributed by atoms with van der Waals surface area (Å²) < 4.78 is 29.7. The van der Waals surface area contributed by atoms with Crippen LogP contribution < -0.4 is 10.5 Å². The number of halogens is 2. The number of anilines is 1. The van der Waals surface area contributed by atoms with E-state index in [2.05, 4.69) is 20.7 Å². The summed E-state index contributed by atoms with van der Waals surface area (Å²) in [5.41, 5.74) is 6.82. The van der Waals surface area contributed by atoms with E-state index in [4.69, 9.17) is 17.3 Å². The van der Waals surface area contributed by atoms with Crippen molar-refractivity contribution in [3.05, 3.63) is 45.7 Å². The Hall–Kier alpha value is -1.02. The number of nitrogens with one attached hydrogen (secondary N) is 1. The van der Waals surface area contributed by atoms with Crippen LogP contribution in [0.4, 0.5) is 5.69 Å². The van der Waals surface area contributed by atoms with Gasteiger partial charge < -0.3 is 10.3 Å². The van der Waals surface area contributed by atoms with Crippen LogP contribution in [0.15, 0.2) is 39.8 Å². The van der Waals surface area contributed by atoms with Gasteiger partial charge in [-0.05, 0) is 47.1 Å². The number of hydrogen-bond acceptors (Lipinski definition) is 3. The van der Waals surface area contributed by atoms with Crippen molar-refractivity contribution in [1.82, 2.24) is 4.57 Å². The molecule has 21 heavy (non-hydrogen) atoms. The van der Waals surface area contributed by atoms with Crippen molar-refractivity contribution in [3.63, 3.8) is 0 Å². The lowest BCUT2D eigenvalue weighted by Crippen LogP contribution is -2.12. The number of rotatable bonds is 5. The first kappa shape index (κ1) is 16.4. The summed E-state index contributed by atoms with van der Waals surface area (Å²) in [7, 11) is -3.66. The molecule has 0 amide bonds. The lowest BCUT2D eigenvalue weighted by atomic mass is 10.3. The molecule has 0 radical (unpaired) electrons. The summed E-state index contributed by atoms with van der Waals surface area (Å²) in [4.78, 5) is 0.191. The van der Waals surface area contributed by atoms with Crippen LogP contribution in [-0.2, 0) is 23.1 Å². The van der Waals surface area contributed by atoms with Crippen LogP contribution >= 0.6 is 27.5 Å². The van der Waals surface area contributed by atoms with E-state index < -0.39 is 10.0 Å². The Labute approximate surface area is 137 Å². The summed E-state index contributed by atoms with van der Waals surface area (Å²) >= 11 is 9.15. The second-order valence-electron chi connectivity index (χ2n) is 4.39. The Kier molecular flexibility index (Phi) is 4.98. The Morgan fingerprint density at radius 2 is 2.10 bits per heavy atom. The zero-order valence-electron chi connectivity index (χ0n) is 11.3. The smallest absolute Gasteiger partial charge is 0.263 e. The van der Waals surface area contributed by atoms with Gasteiger partial charge in [0, 0.05) is 29.5 Å². The van der Waals surface area contributed by atoms with E-state index in [1.165, 1.54) is 0 Å². The fraction of sp³-hybridized carbons (Fsp3) is 0.231. The molecule has 2 rings (SSSR count). The Balaban J connectivity index is 2.33. The molecule has 0 atom stereocenters. The van der Waals surface area contributed by atoms with E-state index in [0.29, 0.717) is 21.7 Å². The fourth-order valence-corrected chi connectivity index (χ4v) is 3.52. The average Bonchev–Trinajstić information content (AvgIpc) is 2.86. The Morgan fingerprint density at radius 3 is 2.62 bits per heavy atom. The quantitative estimate of drug-likeness (QED) is 0.820. The van der Waals surface area contributed by atoms with Gasteiger partial charge in [-0.25, -0.2) is 8.42 Å². The molecular weight excluding hydrogens is 378 g/mol. The van der Waals surface area contributed by atoms with Crippen LogP contribution in [0.25, 0.3) is 0 Å². The van der Waals surface area contributed by atoms with Gasteiger partial charge in [0.25, 0.3) is 10.0 Å². The molecule has 5 nitrogen and oxygen atoms in total. The molecule has 0 saturated carbocycles. The zero-order valence-corrected chi connectivity index (χ0v) is 14.5. The molecule has 0 aliphatic rings. The maximum atomic E-state index is 12.4. The van der Waals surface area contributed by atoms with E-state index in [-0.39, 0.29) is 11.4 Å². The number of sulfonamides is 1. The highest BCUT2D eigenvalue weighted by Crippen LogP contribution is 2.27. The molecule has 1 aromatic carbocycles. The predicted molar refractivity (Wildman–Crippen MR) is 88.0 cm³/mol. The third-order valence-electron chi connectivity index (χ3n) is 2.99. The van der Waals surface area contributed by atoms with Gasteiger partial charge in [0.1, 0.15) is 4.90 Å². The van der Waals surface area contributed by atoms with Gasteiger partial charge in [-0.2, -0.15) is 0 Å². The van der Waals surface area contributed by atoms with E-state index in [0.717, 1.165) is 5.69 Å². The first-order chi connectivity index (χ1) is 9.87. The SMILES string of the molecule is CCn1cc(S(=O)(=O)Nc2ccc(Cl)c(Br)c2)cc1CN. The largest absolute Gasteiger partial charge is 0.349 e. The van der Waals surface area contributed by atoms with E-state index in [1.54, 1.807) is 30.5 Å². The monoisotopic (exact) mass is 391 g/mol. The topological polar surface area (TPSA) is 77.1 Å². The zero-order chi connectivity index (χ0) is 15.6. The molecule has 0 saturated heterocycles. The Bertz CT molecular complexity index is 737. The molecule has 0 spiro atoms. The molecule has 0 aliphatic heterocycles. The summed E-state index contributed by atoms with van der Waals surface area (Å²) in [5, 5.41) is 0.514. The molecule has 0 aliphatic carbocycles. The predicted octanol–water partition coefficient (Wildman–Crippen LogP) is 3.18. The minimum Gasteiger partial charge on any atom is -0.349 e. The summed E-state index contributed by atoms with van der Waals surface area (Å²) in [6, 6.07) is 6.41. The highest BCUT2D eigenvalue weighted by Gasteiger charge is 2.18. The molecule has 0 fully saturated rings. The van der Waals surface area contributed by atoms with E-state index in [9.17, 15) is 8.42 Å². The van der Waals surface area contributed by atoms with Crippen LogP contribution in [0.1, 0.15) is 12.6 Å². The minimum atomic E-state index is -3.66. The molecular formula is C13H15BrClN3O2S. The first-order valence-electron chi connectivity index (χ1n) is 6.24. The third-order valence-corrected chi connectivity index (χ3v) is 5.56. The van der Waals surface area contributed by atoms with Gasteiger partial charge in [-0.1, -0.05) is 11.6 Å². The van der Waals surface area contributed by atoms with Crippen molar-refractivity contribution in [2.24, 2.45) is 5.73 Å². The number of benzene rings is 1. The number of nitrogens with two attached hydrogens (primary N) is 1. The van der Waals surface area contributed by atoms with Gasteiger partial charge in [0.05, 0.1) is 10.7 Å². The molecule has 3 N–H and O–H groups in total. The third kappa shape index (κ3) is 3.60. The summed E-state index contributed by atoms with van der Waals surface area (Å²) in [6.45, 7) is 2.88. The Morgan fingerprint density at radius 1 is 1.38 bits per heavy atom. The highest BCUT2D eigenvalue weighted by atomic mass is 79.9. The summed E-state index contributed by atoms with van der Waals surface area (Å²) in [6.07, 6.45) is 1.58. The van der Waals surface area contributed by atoms with Crippen LogP contribution in [0.3, 0.4) is 0 Å². The second-order valence-corrected chi connectivity index (χ2v) is 7.34. The average molecular weight is 393 g/mol. The minimum absolute atomic E-state index is 0.191. The van der Waals surface area contributed by atoms with Gasteiger partial charge in [-0.15, -0.1) is 0 Å². The van der Waals surface area contributed by atoms with Crippen LogP contribution in [0.5, 0.6) is 0 Å². The van der Waals surface area contributed by atoms with Crippen molar-refractivity contribution < 1.29 is 8.42 Å². The van der Waals surface area contributed by atoms with Crippen molar-refractivity contribution >= 4 is 43.2 Å². The number of hydrogen-bond donors (Lipinski definition) is 2. The van der Waals surface area contributed by atoms with Crippen molar-refractivity contribution in [3.8, 4) is 0 Å². The highest BCUT2D eigenvalue weighted by molar-refractivity contribution is 9.10. The van der Waals surface area contributed by atoms with Crippen molar-refractivity contribution in [2.75, 3.05) is 4.72 Å². The molecule has 1 aromatic heterocycles. The molecule has 114 valence electrons. The molecule has 2 aromatic rings. The van der Waals surface area contributed by atoms with Gasteiger partial charge >= 0.3 is 0 Å². The van der Waals surface area contributed by atoms with E-state index in [1.807, 2.05) is 11.5 Å². The lowest BCUT2D eigenvalue weighted by molar-refractivity contribution is 0.600. The van der Waals surface area contributed by atoms with Crippen molar-refractivity contribution in [1.29, 1.82) is 0 Å². The molecule has 8 heteroatoms. The van der Waals surface area contributed by atoms with Crippen molar-refractivity contribution in [2.45, 2.75) is 24.9 Å². The number of aromatic nitrogens is 1. The summed E-state index contributed by atoms with van der Waals surface area (Å²) in [5.74, 6) is 0. The second kappa shape index (κ2) is 6.39. The van der Waals surface area contributed by atoms with Crippen LogP contribution in [-0.4, -0.2) is 13.0 Å². The molecule has 0 unspecified atom stereocenters. The fourth-order valence-electron chi connectivity index (χ4n) is 1.91. The lowest BCUT2D eigenvalue weighted by Gasteiger charge is -2.07. The maximum absolute atomic E-state index is 12.4. The molecule has 0 bridgehead atoms. The number of nitrogens with zero attached hydrogens (tertiary/aromatic N) is 1. The van der Waals surface area contributed by atoms with Crippen LogP contribution in [0.2, 0.25) is 5.02 Å². The van der Waals surface area contributed by atoms with Gasteiger partial charge in [0.2, 0.25) is 0 Å². The van der Waals surface area contributed by atoms with Gasteiger partial charge in [0.15, 0.2) is 0 Å².